The van der Waals surface area contributed by atoms with Crippen LogP contribution in [-0.4, -0.2) is 72.7 Å². The number of hydrogen-bond acceptors (Lipinski definition) is 5. The fourth-order valence-corrected chi connectivity index (χ4v) is 4.63. The normalized spacial score (nSPS) is 26.4. The van der Waals surface area contributed by atoms with Crippen molar-refractivity contribution in [2.24, 2.45) is 5.92 Å². The molecule has 3 heterocycles. The lowest BCUT2D eigenvalue weighted by Crippen LogP contribution is -2.55. The highest BCUT2D eigenvalue weighted by Crippen LogP contribution is 2.33. The van der Waals surface area contributed by atoms with Gasteiger partial charge >= 0.3 is 0 Å². The molecule has 0 bridgehead atoms. The summed E-state index contributed by atoms with van der Waals surface area (Å²) in [4.78, 5) is 19.7. The number of amides is 1. The van der Waals surface area contributed by atoms with E-state index >= 15 is 0 Å². The van der Waals surface area contributed by atoms with Crippen LogP contribution in [-0.2, 0) is 11.3 Å². The van der Waals surface area contributed by atoms with E-state index in [1.807, 2.05) is 6.07 Å². The van der Waals surface area contributed by atoms with Crippen molar-refractivity contribution in [2.45, 2.75) is 38.3 Å². The van der Waals surface area contributed by atoms with Crippen molar-refractivity contribution in [3.63, 3.8) is 0 Å². The molecule has 0 N–H and O–H groups in total. The molecule has 1 atom stereocenters. The number of rotatable bonds is 4. The van der Waals surface area contributed by atoms with Crippen molar-refractivity contribution < 1.29 is 14.3 Å². The van der Waals surface area contributed by atoms with E-state index in [-0.39, 0.29) is 0 Å². The molecule has 2 saturated heterocycles. The Labute approximate surface area is 161 Å². The van der Waals surface area contributed by atoms with Crippen LogP contribution < -0.4 is 9.47 Å². The van der Waals surface area contributed by atoms with E-state index < -0.39 is 0 Å². The lowest BCUT2D eigenvalue weighted by atomic mass is 10.0. The summed E-state index contributed by atoms with van der Waals surface area (Å²) in [5, 5.41) is 0. The molecule has 1 aromatic carbocycles. The molecule has 0 aromatic heterocycles. The first-order valence-corrected chi connectivity index (χ1v) is 10.4. The quantitative estimate of drug-likeness (QED) is 0.809. The third kappa shape index (κ3) is 3.78. The summed E-state index contributed by atoms with van der Waals surface area (Å²) >= 11 is 0. The number of nitrogens with zero attached hydrogens (tertiary/aromatic N) is 3. The highest BCUT2D eigenvalue weighted by molar-refractivity contribution is 5.81. The van der Waals surface area contributed by atoms with Crippen LogP contribution in [0.15, 0.2) is 18.2 Å². The summed E-state index contributed by atoms with van der Waals surface area (Å²) in [6, 6.07) is 6.82. The lowest BCUT2D eigenvalue weighted by molar-refractivity contribution is -0.134. The van der Waals surface area contributed by atoms with E-state index in [0.717, 1.165) is 76.6 Å². The molecule has 1 aromatic rings. The van der Waals surface area contributed by atoms with Gasteiger partial charge in [-0.3, -0.25) is 14.6 Å². The second-order valence-electron chi connectivity index (χ2n) is 8.35. The van der Waals surface area contributed by atoms with Crippen LogP contribution in [0.3, 0.4) is 0 Å². The van der Waals surface area contributed by atoms with Crippen LogP contribution in [0.5, 0.6) is 11.5 Å². The molecule has 0 spiro atoms. The number of carbonyl (C=O) groups excluding carboxylic acids is 1. The summed E-state index contributed by atoms with van der Waals surface area (Å²) in [5.41, 5.74) is 1.28. The first-order chi connectivity index (χ1) is 13.3. The van der Waals surface area contributed by atoms with Crippen molar-refractivity contribution in [3.05, 3.63) is 23.8 Å². The minimum absolute atomic E-state index is 0.332. The summed E-state index contributed by atoms with van der Waals surface area (Å²) in [6.45, 7) is 7.57. The Balaban J connectivity index is 1.13. The predicted molar refractivity (Wildman–Crippen MR) is 102 cm³/mol. The van der Waals surface area contributed by atoms with Gasteiger partial charge < -0.3 is 14.4 Å². The van der Waals surface area contributed by atoms with E-state index in [0.29, 0.717) is 24.7 Å². The number of fused-ring (bicyclic) bond motifs is 1. The predicted octanol–water partition coefficient (Wildman–Crippen LogP) is 1.93. The van der Waals surface area contributed by atoms with E-state index in [4.69, 9.17) is 9.47 Å². The fourth-order valence-electron chi connectivity index (χ4n) is 4.63. The van der Waals surface area contributed by atoms with E-state index in [9.17, 15) is 4.79 Å². The molecule has 4 aliphatic rings. The van der Waals surface area contributed by atoms with Gasteiger partial charge in [-0.15, -0.1) is 0 Å². The third-order valence-corrected chi connectivity index (χ3v) is 6.40. The average molecular weight is 371 g/mol. The summed E-state index contributed by atoms with van der Waals surface area (Å²) in [6.07, 6.45) is 4.61. The molecule has 1 aliphatic carbocycles. The van der Waals surface area contributed by atoms with E-state index in [2.05, 4.69) is 26.8 Å². The largest absolute Gasteiger partial charge is 0.454 e. The van der Waals surface area contributed by atoms with Gasteiger partial charge in [-0.1, -0.05) is 6.07 Å². The number of carbonyl (C=O) groups is 1. The van der Waals surface area contributed by atoms with Crippen LogP contribution in [0.25, 0.3) is 0 Å². The zero-order chi connectivity index (χ0) is 18.2. The molecule has 3 aliphatic heterocycles. The van der Waals surface area contributed by atoms with Crippen LogP contribution in [0.2, 0.25) is 0 Å². The number of hydrogen-bond donors (Lipinski definition) is 0. The minimum atomic E-state index is 0.332. The molecule has 6 nitrogen and oxygen atoms in total. The second kappa shape index (κ2) is 7.32. The number of benzene rings is 1. The molecule has 6 heteroatoms. The molecular formula is C21H29N3O3. The maximum atomic E-state index is 12.4. The highest BCUT2D eigenvalue weighted by atomic mass is 16.7. The van der Waals surface area contributed by atoms with Crippen molar-refractivity contribution in [1.82, 2.24) is 14.7 Å². The monoisotopic (exact) mass is 371 g/mol. The van der Waals surface area contributed by atoms with Gasteiger partial charge in [-0.2, -0.15) is 0 Å². The third-order valence-electron chi connectivity index (χ3n) is 6.40. The maximum absolute atomic E-state index is 12.4. The van der Waals surface area contributed by atoms with Crippen LogP contribution in [0, 0.1) is 5.92 Å². The van der Waals surface area contributed by atoms with Gasteiger partial charge in [0.25, 0.3) is 0 Å². The smallest absolute Gasteiger partial charge is 0.231 e. The Hall–Kier alpha value is -1.79. The van der Waals surface area contributed by atoms with Gasteiger partial charge in [0.05, 0.1) is 0 Å². The Morgan fingerprint density at radius 3 is 2.63 bits per heavy atom. The first kappa shape index (κ1) is 17.3. The standard InChI is InChI=1S/C21H29N3O3/c25-21(17-4-5-17)24-7-1-2-18(14-24)23-10-8-22(9-11-23)13-16-3-6-19-20(12-16)27-15-26-19/h3,6,12,17-18H,1-2,4-5,7-11,13-15H2/t18-/m1/s1. The molecule has 0 unspecified atom stereocenters. The summed E-state index contributed by atoms with van der Waals surface area (Å²) in [7, 11) is 0. The molecule has 27 heavy (non-hydrogen) atoms. The van der Waals surface area contributed by atoms with E-state index in [1.54, 1.807) is 0 Å². The highest BCUT2D eigenvalue weighted by Gasteiger charge is 2.36. The van der Waals surface area contributed by atoms with Crippen molar-refractivity contribution in [3.8, 4) is 11.5 Å². The van der Waals surface area contributed by atoms with Gasteiger partial charge in [0.1, 0.15) is 0 Å². The SMILES string of the molecule is O=C(C1CC1)N1CCC[C@@H](N2CCN(Cc3ccc4c(c3)OCO4)CC2)C1. The number of piperidine rings is 1. The van der Waals surface area contributed by atoms with Gasteiger partial charge in [-0.25, -0.2) is 0 Å². The molecule has 3 fully saturated rings. The zero-order valence-electron chi connectivity index (χ0n) is 15.9. The summed E-state index contributed by atoms with van der Waals surface area (Å²) < 4.78 is 10.9. The molecular weight excluding hydrogens is 342 g/mol. The van der Waals surface area contributed by atoms with Crippen LogP contribution in [0.4, 0.5) is 0 Å². The second-order valence-corrected chi connectivity index (χ2v) is 8.35. The Morgan fingerprint density at radius 2 is 1.81 bits per heavy atom. The fraction of sp³-hybridized carbons (Fsp3) is 0.667. The van der Waals surface area contributed by atoms with Crippen LogP contribution >= 0.6 is 0 Å². The van der Waals surface area contributed by atoms with Gasteiger partial charge in [0.2, 0.25) is 12.7 Å². The maximum Gasteiger partial charge on any atom is 0.231 e. The summed E-state index contributed by atoms with van der Waals surface area (Å²) in [5.74, 6) is 2.49. The van der Waals surface area contributed by atoms with Crippen molar-refractivity contribution >= 4 is 5.91 Å². The minimum Gasteiger partial charge on any atom is -0.454 e. The molecule has 5 rings (SSSR count). The molecule has 0 radical (unpaired) electrons. The van der Waals surface area contributed by atoms with E-state index in [1.165, 1.54) is 12.0 Å². The van der Waals surface area contributed by atoms with Gasteiger partial charge in [-0.05, 0) is 43.4 Å². The van der Waals surface area contributed by atoms with Gasteiger partial charge in [0.15, 0.2) is 11.5 Å². The Morgan fingerprint density at radius 1 is 1.00 bits per heavy atom. The lowest BCUT2D eigenvalue weighted by Gasteiger charge is -2.43. The van der Waals surface area contributed by atoms with Crippen LogP contribution in [0.1, 0.15) is 31.2 Å². The first-order valence-electron chi connectivity index (χ1n) is 10.4. The Kier molecular flexibility index (Phi) is 4.70. The van der Waals surface area contributed by atoms with Gasteiger partial charge in [0, 0.05) is 57.8 Å². The molecule has 1 amide bonds. The number of ether oxygens (including phenoxy) is 2. The van der Waals surface area contributed by atoms with Crippen molar-refractivity contribution in [2.75, 3.05) is 46.1 Å². The zero-order valence-corrected chi connectivity index (χ0v) is 15.9. The molecule has 146 valence electrons. The number of piperazine rings is 1. The topological polar surface area (TPSA) is 45.3 Å². The number of likely N-dealkylation sites (tertiary alicyclic amines) is 1. The average Bonchev–Trinajstić information content (AvgIpc) is 3.46. The van der Waals surface area contributed by atoms with Crippen molar-refractivity contribution in [1.29, 1.82) is 0 Å². The molecule has 1 saturated carbocycles. The Bertz CT molecular complexity index is 698.